The molecule has 3 nitrogen and oxygen atoms in total. The number of nitrogens with zero attached hydrogens (tertiary/aromatic N) is 3. The number of allylic oxidation sites excluding steroid dienone is 1. The van der Waals surface area contributed by atoms with E-state index in [0.29, 0.717) is 11.0 Å². The van der Waals surface area contributed by atoms with Gasteiger partial charge in [0.25, 0.3) is 0 Å². The highest BCUT2D eigenvalue weighted by molar-refractivity contribution is 7.27. The summed E-state index contributed by atoms with van der Waals surface area (Å²) in [5, 5.41) is 11.4. The van der Waals surface area contributed by atoms with Gasteiger partial charge in [0.1, 0.15) is 10.3 Å². The summed E-state index contributed by atoms with van der Waals surface area (Å²) < 4.78 is 4.73. The molecule has 6 heteroatoms. The summed E-state index contributed by atoms with van der Waals surface area (Å²) in [6.45, 7) is 18.2. The molecule has 236 valence electrons. The molecule has 0 N–H and O–H groups in total. The topological polar surface area (TPSA) is 30.7 Å². The predicted octanol–water partition coefficient (Wildman–Crippen LogP) is 12.3. The minimum Gasteiger partial charge on any atom is -0.290 e. The highest BCUT2D eigenvalue weighted by Gasteiger charge is 2.24. The van der Waals surface area contributed by atoms with Gasteiger partial charge in [0, 0.05) is 36.5 Å². The zero-order valence-corrected chi connectivity index (χ0v) is 30.3. The molecule has 4 heterocycles. The Morgan fingerprint density at radius 2 is 1.45 bits per heavy atom. The number of thiophene rings is 2. The van der Waals surface area contributed by atoms with Crippen LogP contribution in [0.25, 0.3) is 93.1 Å². The normalized spacial score (nSPS) is 12.5. The summed E-state index contributed by atoms with van der Waals surface area (Å²) in [5.41, 5.74) is 2.86. The minimum absolute atomic E-state index is 0.371. The molecule has 0 fully saturated rings. The lowest BCUT2D eigenvalue weighted by Gasteiger charge is -2.10. The maximum atomic E-state index is 7.10. The zero-order valence-electron chi connectivity index (χ0n) is 27.9. The van der Waals surface area contributed by atoms with Gasteiger partial charge in [-0.3, -0.25) is 4.57 Å². The summed E-state index contributed by atoms with van der Waals surface area (Å²) in [7, 11) is 0. The number of rotatable bonds is 3. The molecule has 0 aliphatic heterocycles. The Morgan fingerprint density at radius 3 is 2.11 bits per heavy atom. The third-order valence-corrected chi connectivity index (χ3v) is 10.8. The lowest BCUT2D eigenvalue weighted by molar-refractivity contribution is 1.01. The van der Waals surface area contributed by atoms with Crippen molar-refractivity contribution in [1.82, 2.24) is 14.5 Å². The lowest BCUT2D eigenvalue weighted by Crippen LogP contribution is -2.28. The molecule has 0 atom stereocenters. The van der Waals surface area contributed by atoms with E-state index in [2.05, 4.69) is 104 Å². The molecular weight excluding hydrogens is 634 g/mol. The van der Waals surface area contributed by atoms with Crippen LogP contribution in [0, 0.1) is 0 Å². The number of fused-ring (bicyclic) bond motifs is 11. The second kappa shape index (κ2) is 13.4. The highest BCUT2D eigenvalue weighted by Crippen LogP contribution is 2.46. The second-order valence-electron chi connectivity index (χ2n) is 10.5. The van der Waals surface area contributed by atoms with Crippen molar-refractivity contribution in [2.45, 2.75) is 48.5 Å². The van der Waals surface area contributed by atoms with Crippen LogP contribution in [0.5, 0.6) is 0 Å². The van der Waals surface area contributed by atoms with Crippen molar-refractivity contribution in [2.75, 3.05) is 0 Å². The number of hydrogen-bond donors (Lipinski definition) is 0. The van der Waals surface area contributed by atoms with Crippen LogP contribution in [0.2, 0.25) is 5.15 Å². The van der Waals surface area contributed by atoms with Crippen LogP contribution in [0.15, 0.2) is 73.3 Å². The Morgan fingerprint density at radius 1 is 0.766 bits per heavy atom. The third kappa shape index (κ3) is 4.91. The quantitative estimate of drug-likeness (QED) is 0.187. The first-order valence-electron chi connectivity index (χ1n) is 16.3. The van der Waals surface area contributed by atoms with Crippen molar-refractivity contribution < 1.29 is 0 Å². The maximum Gasteiger partial charge on any atom is 0.177 e. The van der Waals surface area contributed by atoms with E-state index in [1.807, 2.05) is 58.1 Å². The van der Waals surface area contributed by atoms with Crippen LogP contribution in [0.3, 0.4) is 0 Å². The Balaban J connectivity index is 0.000000932. The average Bonchev–Trinajstić information content (AvgIpc) is 3.78. The molecule has 4 aromatic heterocycles. The van der Waals surface area contributed by atoms with Gasteiger partial charge in [-0.2, -0.15) is 0 Å². The fraction of sp³-hybridized carbons (Fsp3) is 0.171. The lowest BCUT2D eigenvalue weighted by atomic mass is 9.97. The van der Waals surface area contributed by atoms with Gasteiger partial charge in [0.15, 0.2) is 11.0 Å². The maximum absolute atomic E-state index is 7.10. The molecule has 0 bridgehead atoms. The molecule has 8 aromatic rings. The third-order valence-electron chi connectivity index (χ3n) is 8.34. The van der Waals surface area contributed by atoms with Crippen LogP contribution < -0.4 is 10.6 Å². The molecule has 0 saturated carbocycles. The van der Waals surface area contributed by atoms with Crippen molar-refractivity contribution in [2.24, 2.45) is 0 Å². The summed E-state index contributed by atoms with van der Waals surface area (Å²) >= 11 is 10.6. The van der Waals surface area contributed by atoms with Crippen LogP contribution in [0.4, 0.5) is 0 Å². The Hall–Kier alpha value is -4.29. The molecule has 4 aromatic carbocycles. The first-order chi connectivity index (χ1) is 23.1. The van der Waals surface area contributed by atoms with Crippen LogP contribution in [-0.4, -0.2) is 14.5 Å². The van der Waals surface area contributed by atoms with E-state index in [9.17, 15) is 0 Å². The SMILES string of the molecule is C=Cc1c(/C=C\C)sc2nc(-n3c(=C/C)/c(=C\C)c4c5ccccc5c5c(sc6ccc7ccccc7c65)c43)c(Cl)nc12.CC.CC. The van der Waals surface area contributed by atoms with Gasteiger partial charge in [-0.15, -0.1) is 22.7 Å². The summed E-state index contributed by atoms with van der Waals surface area (Å²) in [4.78, 5) is 12.1. The van der Waals surface area contributed by atoms with E-state index >= 15 is 0 Å². The second-order valence-corrected chi connectivity index (χ2v) is 13.0. The molecular formula is C41H38ClN3S2. The van der Waals surface area contributed by atoms with Crippen molar-refractivity contribution >= 4 is 122 Å². The van der Waals surface area contributed by atoms with E-state index in [1.54, 1.807) is 11.3 Å². The van der Waals surface area contributed by atoms with Crippen LogP contribution >= 0.6 is 34.3 Å². The van der Waals surface area contributed by atoms with Crippen molar-refractivity contribution in [3.8, 4) is 5.82 Å². The Labute approximate surface area is 288 Å². The van der Waals surface area contributed by atoms with E-state index in [-0.39, 0.29) is 0 Å². The van der Waals surface area contributed by atoms with Crippen molar-refractivity contribution in [3.63, 3.8) is 0 Å². The van der Waals surface area contributed by atoms with Crippen LogP contribution in [0.1, 0.15) is 58.9 Å². The Kier molecular flexibility index (Phi) is 9.34. The molecule has 47 heavy (non-hydrogen) atoms. The van der Waals surface area contributed by atoms with Gasteiger partial charge in [-0.05, 0) is 54.5 Å². The molecule has 0 saturated heterocycles. The first-order valence-corrected chi connectivity index (χ1v) is 18.3. The predicted molar refractivity (Wildman–Crippen MR) is 214 cm³/mol. The van der Waals surface area contributed by atoms with Gasteiger partial charge >= 0.3 is 0 Å². The standard InChI is InChI=1S/C37H26ClN3S2.2C2H6/c1-5-13-27-22(7-3)32-37(43-27)40-36(35(38)39-32)41-26(8-4)21(6-2)29-24-16-11-12-17-25(24)31-30-23-15-10-9-14-20(23)18-19-28(30)42-34(31)33(29)41;2*1-2/h5-19H,3H2,1-2,4H3;2*1-2H3/b13-5-,21-6+,26-8+;;. The van der Waals surface area contributed by atoms with Gasteiger partial charge in [0.05, 0.1) is 15.6 Å². The van der Waals surface area contributed by atoms with Gasteiger partial charge in [-0.25, -0.2) is 9.97 Å². The summed E-state index contributed by atoms with van der Waals surface area (Å²) in [5.74, 6) is 0.642. The molecule has 0 aliphatic carbocycles. The number of halogens is 1. The minimum atomic E-state index is 0.371. The van der Waals surface area contributed by atoms with E-state index < -0.39 is 0 Å². The smallest absolute Gasteiger partial charge is 0.177 e. The van der Waals surface area contributed by atoms with Crippen molar-refractivity contribution in [1.29, 1.82) is 0 Å². The average molecular weight is 672 g/mol. The van der Waals surface area contributed by atoms with Crippen molar-refractivity contribution in [3.05, 3.63) is 99.5 Å². The summed E-state index contributed by atoms with van der Waals surface area (Å²) in [6.07, 6.45) is 10.3. The molecule has 0 amide bonds. The molecule has 0 aliphatic rings. The van der Waals surface area contributed by atoms with E-state index in [0.717, 1.165) is 31.7 Å². The number of benzene rings is 4. The fourth-order valence-corrected chi connectivity index (χ4v) is 9.21. The fourth-order valence-electron chi connectivity index (χ4n) is 6.63. The first kappa shape index (κ1) is 32.6. The molecule has 0 unspecified atom stereocenters. The summed E-state index contributed by atoms with van der Waals surface area (Å²) in [6, 6.07) is 22.0. The Bertz CT molecular complexity index is 2630. The number of aromatic nitrogens is 3. The van der Waals surface area contributed by atoms with Gasteiger partial charge in [0.2, 0.25) is 0 Å². The van der Waals surface area contributed by atoms with Gasteiger partial charge in [-0.1, -0.05) is 125 Å². The van der Waals surface area contributed by atoms with Crippen LogP contribution in [-0.2, 0) is 0 Å². The highest BCUT2D eigenvalue weighted by atomic mass is 35.5. The monoisotopic (exact) mass is 671 g/mol. The molecule has 0 radical (unpaired) electrons. The van der Waals surface area contributed by atoms with Gasteiger partial charge < -0.3 is 0 Å². The number of hydrogen-bond acceptors (Lipinski definition) is 4. The molecule has 0 spiro atoms. The van der Waals surface area contributed by atoms with E-state index in [4.69, 9.17) is 21.6 Å². The van der Waals surface area contributed by atoms with E-state index in [1.165, 1.54) is 52.3 Å². The largest absolute Gasteiger partial charge is 0.290 e. The molecule has 8 rings (SSSR count). The zero-order chi connectivity index (χ0) is 33.4.